The van der Waals surface area contributed by atoms with E-state index in [4.69, 9.17) is 22.4 Å². The van der Waals surface area contributed by atoms with E-state index >= 15 is 0 Å². The third kappa shape index (κ3) is 3.82. The normalized spacial score (nSPS) is 15.1. The fourth-order valence-corrected chi connectivity index (χ4v) is 3.73. The maximum atomic E-state index is 13.2. The maximum Gasteiger partial charge on any atom is 0.242 e. The molecule has 114 valence electrons. The monoisotopic (exact) mass is 324 g/mol. The second kappa shape index (κ2) is 6.26. The average Bonchev–Trinajstić information content (AvgIpc) is 2.33. The van der Waals surface area contributed by atoms with Crippen molar-refractivity contribution in [2.75, 3.05) is 12.3 Å². The fraction of sp³-hybridized carbons (Fsp3) is 0.500. The predicted molar refractivity (Wildman–Crippen MR) is 76.5 cm³/mol. The van der Waals surface area contributed by atoms with Gasteiger partial charge in [0.25, 0.3) is 0 Å². The van der Waals surface area contributed by atoms with Gasteiger partial charge >= 0.3 is 0 Å². The van der Waals surface area contributed by atoms with Crippen LogP contribution in [0, 0.1) is 5.82 Å². The second-order valence-corrected chi connectivity index (χ2v) is 6.86. The van der Waals surface area contributed by atoms with Crippen molar-refractivity contribution in [2.45, 2.75) is 37.1 Å². The smallest absolute Gasteiger partial charge is 0.242 e. The van der Waals surface area contributed by atoms with Crippen LogP contribution >= 0.6 is 11.6 Å². The van der Waals surface area contributed by atoms with Gasteiger partial charge in [-0.05, 0) is 31.9 Å². The molecule has 0 aliphatic carbocycles. The highest BCUT2D eigenvalue weighted by Crippen LogP contribution is 2.28. The van der Waals surface area contributed by atoms with Gasteiger partial charge in [0.1, 0.15) is 10.7 Å². The topological polar surface area (TPSA) is 92.4 Å². The van der Waals surface area contributed by atoms with Gasteiger partial charge in [0.2, 0.25) is 10.0 Å². The number of benzene rings is 1. The van der Waals surface area contributed by atoms with E-state index in [1.807, 2.05) is 0 Å². The minimum absolute atomic E-state index is 0.161. The molecule has 4 N–H and O–H groups in total. The molecule has 0 aliphatic rings. The molecule has 1 unspecified atom stereocenters. The number of aliphatic hydroxyl groups excluding tert-OH is 1. The highest BCUT2D eigenvalue weighted by Gasteiger charge is 2.30. The SMILES string of the molecule is CCC(C)(CCO)NS(=O)(=O)c1cc(N)c(F)cc1Cl. The minimum Gasteiger partial charge on any atom is -0.396 e. The van der Waals surface area contributed by atoms with Gasteiger partial charge in [0.15, 0.2) is 0 Å². The summed E-state index contributed by atoms with van der Waals surface area (Å²) in [5.74, 6) is -0.775. The van der Waals surface area contributed by atoms with E-state index in [0.29, 0.717) is 6.42 Å². The third-order valence-electron chi connectivity index (χ3n) is 3.17. The van der Waals surface area contributed by atoms with Gasteiger partial charge in [-0.1, -0.05) is 18.5 Å². The number of hydrogen-bond acceptors (Lipinski definition) is 4. The van der Waals surface area contributed by atoms with Crippen molar-refractivity contribution in [1.29, 1.82) is 0 Å². The molecule has 0 spiro atoms. The lowest BCUT2D eigenvalue weighted by molar-refractivity contribution is 0.233. The van der Waals surface area contributed by atoms with Gasteiger partial charge in [-0.25, -0.2) is 17.5 Å². The Bertz CT molecular complexity index is 595. The lowest BCUT2D eigenvalue weighted by atomic mass is 9.97. The summed E-state index contributed by atoms with van der Waals surface area (Å²) in [4.78, 5) is -0.282. The van der Waals surface area contributed by atoms with E-state index in [1.54, 1.807) is 13.8 Å². The van der Waals surface area contributed by atoms with Crippen molar-refractivity contribution in [2.24, 2.45) is 0 Å². The van der Waals surface area contributed by atoms with E-state index < -0.39 is 21.4 Å². The highest BCUT2D eigenvalue weighted by atomic mass is 35.5. The van der Waals surface area contributed by atoms with Crippen molar-refractivity contribution in [3.8, 4) is 0 Å². The van der Waals surface area contributed by atoms with E-state index in [9.17, 15) is 12.8 Å². The van der Waals surface area contributed by atoms with Crippen molar-refractivity contribution in [1.82, 2.24) is 4.72 Å². The van der Waals surface area contributed by atoms with Gasteiger partial charge in [-0.2, -0.15) is 0 Å². The fourth-order valence-electron chi connectivity index (χ4n) is 1.68. The van der Waals surface area contributed by atoms with Crippen molar-refractivity contribution >= 4 is 27.3 Å². The van der Waals surface area contributed by atoms with Gasteiger partial charge < -0.3 is 10.8 Å². The van der Waals surface area contributed by atoms with Crippen LogP contribution in [0.15, 0.2) is 17.0 Å². The first-order valence-corrected chi connectivity index (χ1v) is 7.90. The molecule has 8 heteroatoms. The standard InChI is InChI=1S/C12H18ClFN2O3S/c1-3-12(2,4-5-17)16-20(18,19)11-7-10(15)9(14)6-8(11)13/h6-7,16-17H,3-5,15H2,1-2H3. The van der Waals surface area contributed by atoms with Gasteiger partial charge in [-0.3, -0.25) is 0 Å². The van der Waals surface area contributed by atoms with Crippen LogP contribution in [0.4, 0.5) is 10.1 Å². The molecule has 1 aromatic rings. The van der Waals surface area contributed by atoms with E-state index in [-0.39, 0.29) is 28.6 Å². The molecule has 0 saturated carbocycles. The molecule has 0 aliphatic heterocycles. The first-order chi connectivity index (χ1) is 9.15. The molecule has 1 rings (SSSR count). The Morgan fingerprint density at radius 2 is 2.10 bits per heavy atom. The number of anilines is 1. The molecule has 1 aromatic carbocycles. The molecule has 0 bridgehead atoms. The van der Waals surface area contributed by atoms with Crippen LogP contribution in [0.1, 0.15) is 26.7 Å². The highest BCUT2D eigenvalue weighted by molar-refractivity contribution is 7.89. The zero-order valence-corrected chi connectivity index (χ0v) is 12.9. The number of rotatable bonds is 6. The van der Waals surface area contributed by atoms with Crippen molar-refractivity contribution in [3.05, 3.63) is 23.0 Å². The first kappa shape index (κ1) is 17.2. The van der Waals surface area contributed by atoms with Crippen LogP contribution in [0.25, 0.3) is 0 Å². The Labute approximate surface area is 123 Å². The molecule has 5 nitrogen and oxygen atoms in total. The number of nitrogens with two attached hydrogens (primary N) is 1. The van der Waals surface area contributed by atoms with Crippen LogP contribution in [0.2, 0.25) is 5.02 Å². The summed E-state index contributed by atoms with van der Waals surface area (Å²) >= 11 is 5.77. The van der Waals surface area contributed by atoms with E-state index in [2.05, 4.69) is 4.72 Å². The number of aliphatic hydroxyl groups is 1. The van der Waals surface area contributed by atoms with E-state index in [0.717, 1.165) is 12.1 Å². The number of nitrogen functional groups attached to an aromatic ring is 1. The molecule has 0 fully saturated rings. The molecule has 0 amide bonds. The van der Waals surface area contributed by atoms with Gasteiger partial charge in [0, 0.05) is 12.1 Å². The number of nitrogens with one attached hydrogen (secondary N) is 1. The van der Waals surface area contributed by atoms with Crippen LogP contribution in [0.5, 0.6) is 0 Å². The van der Waals surface area contributed by atoms with Crippen molar-refractivity contribution in [3.63, 3.8) is 0 Å². The van der Waals surface area contributed by atoms with Crippen LogP contribution < -0.4 is 10.5 Å². The Hall–Kier alpha value is -0.890. The van der Waals surface area contributed by atoms with Gasteiger partial charge in [-0.15, -0.1) is 0 Å². The Morgan fingerprint density at radius 3 is 2.60 bits per heavy atom. The largest absolute Gasteiger partial charge is 0.396 e. The van der Waals surface area contributed by atoms with E-state index in [1.165, 1.54) is 0 Å². The predicted octanol–water partition coefficient (Wildman–Crippen LogP) is 1.89. The molecular weight excluding hydrogens is 307 g/mol. The second-order valence-electron chi connectivity index (χ2n) is 4.80. The minimum atomic E-state index is -3.96. The molecular formula is C12H18ClFN2O3S. The summed E-state index contributed by atoms with van der Waals surface area (Å²) in [5.41, 5.74) is 4.26. The number of hydrogen-bond donors (Lipinski definition) is 3. The molecule has 0 radical (unpaired) electrons. The molecule has 0 saturated heterocycles. The summed E-state index contributed by atoms with van der Waals surface area (Å²) in [5, 5.41) is 8.76. The molecule has 0 aromatic heterocycles. The molecule has 1 atom stereocenters. The zero-order chi connectivity index (χ0) is 15.6. The lowest BCUT2D eigenvalue weighted by Crippen LogP contribution is -2.46. The lowest BCUT2D eigenvalue weighted by Gasteiger charge is -2.28. The third-order valence-corrected chi connectivity index (χ3v) is 5.27. The van der Waals surface area contributed by atoms with Crippen LogP contribution in [-0.2, 0) is 10.0 Å². The molecule has 0 heterocycles. The number of halogens is 2. The Balaban J connectivity index is 3.21. The summed E-state index contributed by atoms with van der Waals surface area (Å²) in [6, 6.07) is 1.84. The van der Waals surface area contributed by atoms with Crippen molar-refractivity contribution < 1.29 is 17.9 Å². The summed E-state index contributed by atoms with van der Waals surface area (Å²) in [6.45, 7) is 3.30. The zero-order valence-electron chi connectivity index (χ0n) is 11.3. The number of sulfonamides is 1. The Kier molecular flexibility index (Phi) is 5.37. The molecule has 20 heavy (non-hydrogen) atoms. The van der Waals surface area contributed by atoms with Crippen LogP contribution in [-0.4, -0.2) is 25.7 Å². The quantitative estimate of drug-likeness (QED) is 0.697. The summed E-state index contributed by atoms with van der Waals surface area (Å²) in [7, 11) is -3.96. The van der Waals surface area contributed by atoms with Crippen LogP contribution in [0.3, 0.4) is 0 Å². The Morgan fingerprint density at radius 1 is 1.50 bits per heavy atom. The van der Waals surface area contributed by atoms with Gasteiger partial charge in [0.05, 0.1) is 10.7 Å². The maximum absolute atomic E-state index is 13.2. The average molecular weight is 325 g/mol. The summed E-state index contributed by atoms with van der Waals surface area (Å²) < 4.78 is 40.3. The summed E-state index contributed by atoms with van der Waals surface area (Å²) in [6.07, 6.45) is 0.720. The first-order valence-electron chi connectivity index (χ1n) is 6.04.